The molecule has 1 heterocycles. The summed E-state index contributed by atoms with van der Waals surface area (Å²) in [6.07, 6.45) is 2.72. The van der Waals surface area contributed by atoms with Crippen molar-refractivity contribution in [2.75, 3.05) is 25.0 Å². The summed E-state index contributed by atoms with van der Waals surface area (Å²) in [6, 6.07) is 21.0. The fourth-order valence-electron chi connectivity index (χ4n) is 5.18. The molecule has 1 saturated carbocycles. The van der Waals surface area contributed by atoms with Gasteiger partial charge >= 0.3 is 5.97 Å². The second-order valence-electron chi connectivity index (χ2n) is 10.8. The summed E-state index contributed by atoms with van der Waals surface area (Å²) in [7, 11) is 1.61. The Morgan fingerprint density at radius 2 is 1.74 bits per heavy atom. The normalized spacial score (nSPS) is 16.5. The van der Waals surface area contributed by atoms with Crippen LogP contribution < -0.4 is 15.5 Å². The molecule has 3 aromatic carbocycles. The highest BCUT2D eigenvalue weighted by atomic mass is 35.5. The Kier molecular flexibility index (Phi) is 9.74. The van der Waals surface area contributed by atoms with Gasteiger partial charge in [-0.25, -0.2) is 4.79 Å². The molecule has 2 fully saturated rings. The second-order valence-corrected chi connectivity index (χ2v) is 11.2. The van der Waals surface area contributed by atoms with E-state index in [1.165, 1.54) is 0 Å². The average Bonchev–Trinajstić information content (AvgIpc) is 3.88. The van der Waals surface area contributed by atoms with Crippen LogP contribution in [0.2, 0.25) is 5.02 Å². The van der Waals surface area contributed by atoms with Crippen LogP contribution in [0.3, 0.4) is 0 Å². The van der Waals surface area contributed by atoms with Crippen LogP contribution in [0, 0.1) is 0 Å². The monoisotopic (exact) mass is 602 g/mol. The van der Waals surface area contributed by atoms with Gasteiger partial charge in [-0.05, 0) is 66.3 Å². The van der Waals surface area contributed by atoms with E-state index >= 15 is 0 Å². The Labute approximate surface area is 256 Å². The van der Waals surface area contributed by atoms with Gasteiger partial charge in [-0.2, -0.15) is 0 Å². The molecule has 1 saturated heterocycles. The SMILES string of the molecule is CNC(=O)CCc1ccc(Cl)c(CN(C(=O)[C@H]2CNCC(=O)N2c2ccc(COC(=O)c3ccccc3)cc2)C2CC2)c1. The van der Waals surface area contributed by atoms with Gasteiger partial charge in [0.1, 0.15) is 12.6 Å². The van der Waals surface area contributed by atoms with Crippen LogP contribution in [-0.2, 0) is 38.7 Å². The number of nitrogens with zero attached hydrogens (tertiary/aromatic N) is 2. The standard InChI is InChI=1S/C33H35ClN4O5/c1-35-30(39)16-10-22-9-15-28(34)25(17-22)20-37(26-13-14-26)32(41)29-18-36-19-31(40)38(29)27-11-7-23(8-12-27)21-43-33(42)24-5-3-2-4-6-24/h2-9,11-12,15,17,26,29,36H,10,13-14,16,18-21H2,1H3,(H,35,39)/t29-/m1/s1. The zero-order valence-electron chi connectivity index (χ0n) is 24.1. The maximum Gasteiger partial charge on any atom is 0.338 e. The van der Waals surface area contributed by atoms with Gasteiger partial charge in [-0.1, -0.05) is 54.1 Å². The third kappa shape index (κ3) is 7.60. The van der Waals surface area contributed by atoms with Crippen molar-refractivity contribution < 1.29 is 23.9 Å². The molecule has 2 aliphatic rings. The van der Waals surface area contributed by atoms with Gasteiger partial charge in [0.15, 0.2) is 0 Å². The Balaban J connectivity index is 1.29. The number of hydrogen-bond acceptors (Lipinski definition) is 6. The van der Waals surface area contributed by atoms with Crippen molar-refractivity contribution in [2.24, 2.45) is 0 Å². The lowest BCUT2D eigenvalue weighted by molar-refractivity contribution is -0.136. The molecule has 1 aliphatic carbocycles. The molecule has 9 nitrogen and oxygen atoms in total. The van der Waals surface area contributed by atoms with Crippen LogP contribution in [0.5, 0.6) is 0 Å². The fourth-order valence-corrected chi connectivity index (χ4v) is 5.36. The number of carbonyl (C=O) groups excluding carboxylic acids is 4. The summed E-state index contributed by atoms with van der Waals surface area (Å²) in [4.78, 5) is 54.7. The van der Waals surface area contributed by atoms with Crippen LogP contribution >= 0.6 is 11.6 Å². The Bertz CT molecular complexity index is 1480. The minimum atomic E-state index is -0.723. The molecule has 10 heteroatoms. The number of benzene rings is 3. The average molecular weight is 603 g/mol. The van der Waals surface area contributed by atoms with E-state index in [1.807, 2.05) is 29.2 Å². The van der Waals surface area contributed by atoms with E-state index in [4.69, 9.17) is 16.3 Å². The number of rotatable bonds is 11. The molecule has 43 heavy (non-hydrogen) atoms. The van der Waals surface area contributed by atoms with Crippen LogP contribution in [0.15, 0.2) is 72.8 Å². The van der Waals surface area contributed by atoms with Crippen molar-refractivity contribution in [3.8, 4) is 0 Å². The van der Waals surface area contributed by atoms with Crippen molar-refractivity contribution in [1.82, 2.24) is 15.5 Å². The van der Waals surface area contributed by atoms with Gasteiger partial charge in [0.05, 0.1) is 12.1 Å². The number of aryl methyl sites for hydroxylation is 1. The van der Waals surface area contributed by atoms with Gasteiger partial charge in [-0.3, -0.25) is 19.3 Å². The van der Waals surface area contributed by atoms with Gasteiger partial charge in [0.25, 0.3) is 0 Å². The Morgan fingerprint density at radius 1 is 1.02 bits per heavy atom. The molecule has 1 aliphatic heterocycles. The predicted octanol–water partition coefficient (Wildman–Crippen LogP) is 3.87. The molecule has 0 unspecified atom stereocenters. The summed E-state index contributed by atoms with van der Waals surface area (Å²) < 4.78 is 5.43. The lowest BCUT2D eigenvalue weighted by atomic mass is 10.0. The molecule has 0 bridgehead atoms. The number of anilines is 1. The number of esters is 1. The van der Waals surface area contributed by atoms with E-state index in [2.05, 4.69) is 10.6 Å². The molecular formula is C33H35ClN4O5. The molecular weight excluding hydrogens is 568 g/mol. The van der Waals surface area contributed by atoms with Crippen molar-refractivity contribution in [3.05, 3.63) is 100 Å². The molecule has 3 amide bonds. The molecule has 5 rings (SSSR count). The summed E-state index contributed by atoms with van der Waals surface area (Å²) in [5.41, 5.74) is 3.63. The number of piperazine rings is 1. The molecule has 1 atom stereocenters. The van der Waals surface area contributed by atoms with E-state index in [9.17, 15) is 19.2 Å². The molecule has 224 valence electrons. The minimum Gasteiger partial charge on any atom is -0.457 e. The van der Waals surface area contributed by atoms with Gasteiger partial charge < -0.3 is 20.3 Å². The van der Waals surface area contributed by atoms with Crippen molar-refractivity contribution in [2.45, 2.75) is 50.9 Å². The molecule has 0 aromatic heterocycles. The minimum absolute atomic E-state index is 0.0397. The summed E-state index contributed by atoms with van der Waals surface area (Å²) in [5.74, 6) is -0.791. The highest BCUT2D eigenvalue weighted by Crippen LogP contribution is 2.32. The van der Waals surface area contributed by atoms with Crippen molar-refractivity contribution in [1.29, 1.82) is 0 Å². The summed E-state index contributed by atoms with van der Waals surface area (Å²) in [5, 5.41) is 6.29. The molecule has 0 spiro atoms. The van der Waals surface area contributed by atoms with Crippen LogP contribution in [0.4, 0.5) is 5.69 Å². The number of ether oxygens (including phenoxy) is 1. The fraction of sp³-hybridized carbons (Fsp3) is 0.333. The highest BCUT2D eigenvalue weighted by Gasteiger charge is 2.41. The predicted molar refractivity (Wildman–Crippen MR) is 164 cm³/mol. The van der Waals surface area contributed by atoms with E-state index in [0.29, 0.717) is 42.2 Å². The second kappa shape index (κ2) is 13.8. The van der Waals surface area contributed by atoms with Crippen molar-refractivity contribution >= 4 is 41.0 Å². The number of amides is 3. The van der Waals surface area contributed by atoms with Gasteiger partial charge in [0, 0.05) is 43.3 Å². The molecule has 0 radical (unpaired) electrons. The van der Waals surface area contributed by atoms with E-state index in [0.717, 1.165) is 29.5 Å². The lowest BCUT2D eigenvalue weighted by Crippen LogP contribution is -2.61. The zero-order valence-corrected chi connectivity index (χ0v) is 24.8. The first-order chi connectivity index (χ1) is 20.8. The summed E-state index contributed by atoms with van der Waals surface area (Å²) in [6.45, 7) is 0.859. The zero-order chi connectivity index (χ0) is 30.3. The maximum atomic E-state index is 14.1. The first-order valence-corrected chi connectivity index (χ1v) is 14.8. The number of halogens is 1. The molecule has 2 N–H and O–H groups in total. The quantitative estimate of drug-likeness (QED) is 0.323. The van der Waals surface area contributed by atoms with Crippen LogP contribution in [0.1, 0.15) is 46.3 Å². The first-order valence-electron chi connectivity index (χ1n) is 14.5. The lowest BCUT2D eigenvalue weighted by Gasteiger charge is -2.38. The third-order valence-corrected chi connectivity index (χ3v) is 8.08. The smallest absolute Gasteiger partial charge is 0.338 e. The van der Waals surface area contributed by atoms with Crippen molar-refractivity contribution in [3.63, 3.8) is 0 Å². The largest absolute Gasteiger partial charge is 0.457 e. The first kappa shape index (κ1) is 30.3. The van der Waals surface area contributed by atoms with E-state index in [-0.39, 0.29) is 36.9 Å². The maximum absolute atomic E-state index is 14.1. The number of nitrogens with one attached hydrogen (secondary N) is 2. The third-order valence-electron chi connectivity index (χ3n) is 7.71. The van der Waals surface area contributed by atoms with Gasteiger partial charge in [-0.15, -0.1) is 0 Å². The van der Waals surface area contributed by atoms with Gasteiger partial charge in [0.2, 0.25) is 17.7 Å². The van der Waals surface area contributed by atoms with Crippen LogP contribution in [-0.4, -0.2) is 60.8 Å². The molecule has 3 aromatic rings. The number of hydrogen-bond donors (Lipinski definition) is 2. The van der Waals surface area contributed by atoms with E-state index in [1.54, 1.807) is 60.5 Å². The summed E-state index contributed by atoms with van der Waals surface area (Å²) >= 11 is 6.56. The topological polar surface area (TPSA) is 108 Å². The highest BCUT2D eigenvalue weighted by molar-refractivity contribution is 6.31. The Morgan fingerprint density at radius 3 is 2.44 bits per heavy atom. The number of carbonyl (C=O) groups is 4. The van der Waals surface area contributed by atoms with E-state index < -0.39 is 12.0 Å². The van der Waals surface area contributed by atoms with Crippen LogP contribution in [0.25, 0.3) is 0 Å². The Hall–Kier alpha value is -4.21.